The summed E-state index contributed by atoms with van der Waals surface area (Å²) in [5.74, 6) is 0.228. The molecular weight excluding hydrogens is 350 g/mol. The van der Waals surface area contributed by atoms with Crippen molar-refractivity contribution >= 4 is 26.6 Å². The molecule has 1 N–H and O–H groups in total. The highest BCUT2D eigenvalue weighted by Crippen LogP contribution is 2.25. The van der Waals surface area contributed by atoms with Gasteiger partial charge in [-0.15, -0.1) is 0 Å². The maximum Gasteiger partial charge on any atom is 0.243 e. The van der Waals surface area contributed by atoms with E-state index in [1.165, 1.54) is 0 Å². The number of benzene rings is 2. The molecule has 0 atom stereocenters. The van der Waals surface area contributed by atoms with Crippen molar-refractivity contribution < 1.29 is 13.5 Å². The number of nitrogens with zero attached hydrogens (tertiary/aromatic N) is 3. The number of aromatic nitrogens is 1. The van der Waals surface area contributed by atoms with E-state index in [2.05, 4.69) is 4.90 Å². The maximum absolute atomic E-state index is 13.0. The molecule has 0 aliphatic carbocycles. The molecular formula is C19H21N3O3S. The number of fused-ring (bicyclic) bond motifs is 1. The van der Waals surface area contributed by atoms with Crippen molar-refractivity contribution in [2.75, 3.05) is 31.1 Å². The minimum Gasteiger partial charge on any atom is -0.508 e. The molecule has 2 heterocycles. The van der Waals surface area contributed by atoms with Crippen LogP contribution in [0, 0.1) is 0 Å². The summed E-state index contributed by atoms with van der Waals surface area (Å²) in [5, 5.41) is 10.3. The van der Waals surface area contributed by atoms with Crippen LogP contribution in [-0.4, -0.2) is 48.6 Å². The van der Waals surface area contributed by atoms with Gasteiger partial charge in [-0.1, -0.05) is 0 Å². The van der Waals surface area contributed by atoms with E-state index in [4.69, 9.17) is 0 Å². The Bertz CT molecular complexity index is 1030. The van der Waals surface area contributed by atoms with Gasteiger partial charge in [-0.05, 0) is 48.5 Å². The van der Waals surface area contributed by atoms with Gasteiger partial charge in [0.05, 0.1) is 4.90 Å². The average molecular weight is 371 g/mol. The SMILES string of the molecule is Cn1ccc2cc(S(=O)(=O)N3CCN(c4ccc(O)cc4)CC3)ccc21. The fourth-order valence-electron chi connectivity index (χ4n) is 3.42. The van der Waals surface area contributed by atoms with Crippen LogP contribution in [0.1, 0.15) is 0 Å². The number of phenols is 1. The third-order valence-electron chi connectivity index (χ3n) is 4.95. The predicted octanol–water partition coefficient (Wildman–Crippen LogP) is 2.39. The van der Waals surface area contributed by atoms with E-state index < -0.39 is 10.0 Å². The Labute approximate surface area is 152 Å². The summed E-state index contributed by atoms with van der Waals surface area (Å²) >= 11 is 0. The quantitative estimate of drug-likeness (QED) is 0.768. The highest BCUT2D eigenvalue weighted by Gasteiger charge is 2.28. The van der Waals surface area contributed by atoms with Crippen molar-refractivity contribution in [3.05, 3.63) is 54.7 Å². The Kier molecular flexibility index (Phi) is 4.13. The van der Waals surface area contributed by atoms with Crippen LogP contribution in [0.15, 0.2) is 59.6 Å². The number of hydrogen-bond donors (Lipinski definition) is 1. The van der Waals surface area contributed by atoms with Crippen LogP contribution >= 0.6 is 0 Å². The molecule has 0 spiro atoms. The Hall–Kier alpha value is -2.51. The van der Waals surface area contributed by atoms with Gasteiger partial charge in [0.15, 0.2) is 0 Å². The zero-order valence-corrected chi connectivity index (χ0v) is 15.4. The summed E-state index contributed by atoms with van der Waals surface area (Å²) in [6.45, 7) is 2.13. The van der Waals surface area contributed by atoms with Crippen LogP contribution in [0.5, 0.6) is 5.75 Å². The van der Waals surface area contributed by atoms with Crippen LogP contribution < -0.4 is 4.90 Å². The Morgan fingerprint density at radius 2 is 1.62 bits per heavy atom. The smallest absolute Gasteiger partial charge is 0.243 e. The van der Waals surface area contributed by atoms with Crippen LogP contribution in [0.4, 0.5) is 5.69 Å². The van der Waals surface area contributed by atoms with Gasteiger partial charge < -0.3 is 14.6 Å². The molecule has 2 aromatic carbocycles. The van der Waals surface area contributed by atoms with Crippen molar-refractivity contribution in [2.24, 2.45) is 7.05 Å². The van der Waals surface area contributed by atoms with Gasteiger partial charge in [-0.2, -0.15) is 4.31 Å². The summed E-state index contributed by atoms with van der Waals surface area (Å²) in [6.07, 6.45) is 1.93. The fourth-order valence-corrected chi connectivity index (χ4v) is 4.88. The first-order valence-corrected chi connectivity index (χ1v) is 9.98. The Morgan fingerprint density at radius 3 is 2.31 bits per heavy atom. The molecule has 1 fully saturated rings. The lowest BCUT2D eigenvalue weighted by molar-refractivity contribution is 0.385. The second-order valence-electron chi connectivity index (χ2n) is 6.55. The number of aryl methyl sites for hydroxylation is 1. The highest BCUT2D eigenvalue weighted by molar-refractivity contribution is 7.89. The number of sulfonamides is 1. The minimum absolute atomic E-state index is 0.228. The highest BCUT2D eigenvalue weighted by atomic mass is 32.2. The van der Waals surface area contributed by atoms with Crippen molar-refractivity contribution in [2.45, 2.75) is 4.90 Å². The van der Waals surface area contributed by atoms with Gasteiger partial charge in [0.1, 0.15) is 5.75 Å². The van der Waals surface area contributed by atoms with Crippen LogP contribution in [0.25, 0.3) is 10.9 Å². The molecule has 0 bridgehead atoms. The van der Waals surface area contributed by atoms with E-state index in [-0.39, 0.29) is 5.75 Å². The van der Waals surface area contributed by atoms with E-state index >= 15 is 0 Å². The molecule has 3 aromatic rings. The molecule has 26 heavy (non-hydrogen) atoms. The first kappa shape index (κ1) is 16.9. The fraction of sp³-hybridized carbons (Fsp3) is 0.263. The van der Waals surface area contributed by atoms with E-state index in [0.29, 0.717) is 31.1 Å². The summed E-state index contributed by atoms with van der Waals surface area (Å²) < 4.78 is 29.5. The third kappa shape index (κ3) is 2.93. The summed E-state index contributed by atoms with van der Waals surface area (Å²) in [6, 6.07) is 14.2. The lowest BCUT2D eigenvalue weighted by Gasteiger charge is -2.35. The Morgan fingerprint density at radius 1 is 0.923 bits per heavy atom. The monoisotopic (exact) mass is 371 g/mol. The standard InChI is InChI=1S/C19H21N3O3S/c1-20-9-8-15-14-18(6-7-19(15)20)26(24,25)22-12-10-21(11-13-22)16-2-4-17(23)5-3-16/h2-9,14,23H,10-13H2,1H3. The maximum atomic E-state index is 13.0. The second kappa shape index (κ2) is 6.34. The predicted molar refractivity (Wildman–Crippen MR) is 102 cm³/mol. The summed E-state index contributed by atoms with van der Waals surface area (Å²) in [4.78, 5) is 2.47. The molecule has 1 aliphatic heterocycles. The molecule has 1 aliphatic rings. The largest absolute Gasteiger partial charge is 0.508 e. The Balaban J connectivity index is 1.52. The average Bonchev–Trinajstić information content (AvgIpc) is 3.03. The van der Waals surface area contributed by atoms with Gasteiger partial charge in [0.2, 0.25) is 10.0 Å². The number of phenolic OH excluding ortho intramolecular Hbond substituents is 1. The van der Waals surface area contributed by atoms with Gasteiger partial charge in [0, 0.05) is 56.0 Å². The molecule has 0 radical (unpaired) electrons. The van der Waals surface area contributed by atoms with E-state index in [1.54, 1.807) is 28.6 Å². The van der Waals surface area contributed by atoms with Gasteiger partial charge in [-0.25, -0.2) is 8.42 Å². The van der Waals surface area contributed by atoms with Gasteiger partial charge >= 0.3 is 0 Å². The molecule has 4 rings (SSSR count). The molecule has 7 heteroatoms. The normalized spacial score (nSPS) is 16.3. The molecule has 0 saturated carbocycles. The summed E-state index contributed by atoms with van der Waals surface area (Å²) in [7, 11) is -1.56. The molecule has 136 valence electrons. The number of aromatic hydroxyl groups is 1. The molecule has 1 saturated heterocycles. The van der Waals surface area contributed by atoms with Crippen molar-refractivity contribution in [3.8, 4) is 5.75 Å². The topological polar surface area (TPSA) is 65.8 Å². The van der Waals surface area contributed by atoms with Gasteiger partial charge in [0.25, 0.3) is 0 Å². The first-order valence-electron chi connectivity index (χ1n) is 8.54. The number of hydrogen-bond acceptors (Lipinski definition) is 4. The zero-order chi connectivity index (χ0) is 18.3. The lowest BCUT2D eigenvalue weighted by atomic mass is 10.2. The molecule has 0 unspecified atom stereocenters. The van der Waals surface area contributed by atoms with E-state index in [1.807, 2.05) is 42.1 Å². The van der Waals surface area contributed by atoms with Gasteiger partial charge in [-0.3, -0.25) is 0 Å². The van der Waals surface area contributed by atoms with Crippen molar-refractivity contribution in [1.82, 2.24) is 8.87 Å². The number of anilines is 1. The molecule has 1 aromatic heterocycles. The second-order valence-corrected chi connectivity index (χ2v) is 8.49. The molecule has 6 nitrogen and oxygen atoms in total. The lowest BCUT2D eigenvalue weighted by Crippen LogP contribution is -2.48. The molecule has 0 amide bonds. The van der Waals surface area contributed by atoms with Crippen molar-refractivity contribution in [1.29, 1.82) is 0 Å². The third-order valence-corrected chi connectivity index (χ3v) is 6.84. The van der Waals surface area contributed by atoms with Crippen LogP contribution in [-0.2, 0) is 17.1 Å². The minimum atomic E-state index is -3.50. The van der Waals surface area contributed by atoms with E-state index in [0.717, 1.165) is 16.6 Å². The zero-order valence-electron chi connectivity index (χ0n) is 14.5. The number of piperazine rings is 1. The van der Waals surface area contributed by atoms with Crippen LogP contribution in [0.2, 0.25) is 0 Å². The van der Waals surface area contributed by atoms with E-state index in [9.17, 15) is 13.5 Å². The first-order chi connectivity index (χ1) is 12.4. The summed E-state index contributed by atoms with van der Waals surface area (Å²) in [5.41, 5.74) is 2.01. The van der Waals surface area contributed by atoms with Crippen LogP contribution in [0.3, 0.4) is 0 Å². The number of rotatable bonds is 3. The van der Waals surface area contributed by atoms with Crippen molar-refractivity contribution in [3.63, 3.8) is 0 Å².